The number of esters is 1. The molecule has 0 radical (unpaired) electrons. The largest absolute Gasteiger partial charge is 0.463 e. The summed E-state index contributed by atoms with van der Waals surface area (Å²) in [4.78, 5) is 11.4. The van der Waals surface area contributed by atoms with Gasteiger partial charge in [0.15, 0.2) is 0 Å². The normalized spacial score (nSPS) is 11.6. The number of hydrogen-bond acceptors (Lipinski definition) is 2. The molecule has 0 bridgehead atoms. The zero-order valence-electron chi connectivity index (χ0n) is 10.1. The zero-order valence-corrected chi connectivity index (χ0v) is 10.1. The van der Waals surface area contributed by atoms with Crippen molar-refractivity contribution in [2.24, 2.45) is 5.92 Å². The van der Waals surface area contributed by atoms with Gasteiger partial charge in [-0.1, -0.05) is 44.2 Å². The number of allylic oxidation sites excluding steroid dienone is 1. The molecule has 0 aliphatic heterocycles. The average molecular weight is 218 g/mol. The summed E-state index contributed by atoms with van der Waals surface area (Å²) in [6.45, 7) is 6.36. The summed E-state index contributed by atoms with van der Waals surface area (Å²) < 4.78 is 4.93. The Morgan fingerprint density at radius 2 is 1.94 bits per heavy atom. The smallest absolute Gasteiger partial charge is 0.331 e. The van der Waals surface area contributed by atoms with Gasteiger partial charge in [-0.05, 0) is 24.0 Å². The van der Waals surface area contributed by atoms with Crippen molar-refractivity contribution in [2.45, 2.75) is 20.8 Å². The van der Waals surface area contributed by atoms with E-state index in [4.69, 9.17) is 4.74 Å². The highest BCUT2D eigenvalue weighted by molar-refractivity contribution is 5.91. The lowest BCUT2D eigenvalue weighted by atomic mass is 9.95. The second-order valence-corrected chi connectivity index (χ2v) is 3.87. The first kappa shape index (κ1) is 12.5. The van der Waals surface area contributed by atoms with Crippen LogP contribution in [0.2, 0.25) is 0 Å². The molecule has 0 spiro atoms. The summed E-state index contributed by atoms with van der Waals surface area (Å²) in [5.41, 5.74) is 2.09. The van der Waals surface area contributed by atoms with Crippen molar-refractivity contribution in [3.63, 3.8) is 0 Å². The van der Waals surface area contributed by atoms with Crippen molar-refractivity contribution >= 4 is 11.5 Å². The summed E-state index contributed by atoms with van der Waals surface area (Å²) in [7, 11) is 0. The van der Waals surface area contributed by atoms with E-state index in [0.717, 1.165) is 11.1 Å². The van der Waals surface area contributed by atoms with Gasteiger partial charge in [0, 0.05) is 6.08 Å². The molecule has 0 atom stereocenters. The van der Waals surface area contributed by atoms with Crippen LogP contribution in [0.15, 0.2) is 36.4 Å². The highest BCUT2D eigenvalue weighted by Gasteiger charge is 2.08. The molecule has 0 amide bonds. The van der Waals surface area contributed by atoms with E-state index in [1.807, 2.05) is 37.3 Å². The zero-order chi connectivity index (χ0) is 12.0. The molecule has 86 valence electrons. The van der Waals surface area contributed by atoms with E-state index in [-0.39, 0.29) is 5.97 Å². The highest BCUT2D eigenvalue weighted by atomic mass is 16.5. The molecule has 0 heterocycles. The van der Waals surface area contributed by atoms with Gasteiger partial charge < -0.3 is 4.74 Å². The molecule has 0 aromatic heterocycles. The summed E-state index contributed by atoms with van der Waals surface area (Å²) in [6, 6.07) is 9.91. The van der Waals surface area contributed by atoms with Gasteiger partial charge in [-0.2, -0.15) is 0 Å². The molecular formula is C14H18O2. The minimum atomic E-state index is -0.268. The highest BCUT2D eigenvalue weighted by Crippen LogP contribution is 2.22. The molecule has 1 rings (SSSR count). The van der Waals surface area contributed by atoms with Crippen molar-refractivity contribution in [2.75, 3.05) is 6.61 Å². The van der Waals surface area contributed by atoms with Crippen LogP contribution in [0.1, 0.15) is 26.3 Å². The van der Waals surface area contributed by atoms with E-state index < -0.39 is 0 Å². The minimum absolute atomic E-state index is 0.268. The minimum Gasteiger partial charge on any atom is -0.463 e. The topological polar surface area (TPSA) is 26.3 Å². The molecule has 16 heavy (non-hydrogen) atoms. The Hall–Kier alpha value is -1.57. The molecular weight excluding hydrogens is 200 g/mol. The quantitative estimate of drug-likeness (QED) is 0.572. The lowest BCUT2D eigenvalue weighted by molar-refractivity contribution is -0.137. The first-order valence-corrected chi connectivity index (χ1v) is 5.59. The van der Waals surface area contributed by atoms with Crippen molar-refractivity contribution < 1.29 is 9.53 Å². The van der Waals surface area contributed by atoms with Crippen LogP contribution in [-0.4, -0.2) is 12.6 Å². The Morgan fingerprint density at radius 1 is 1.31 bits per heavy atom. The van der Waals surface area contributed by atoms with Crippen LogP contribution in [0.3, 0.4) is 0 Å². The molecule has 1 aromatic carbocycles. The standard InChI is InChI=1S/C14H18O2/c1-4-16-14(15)10-13(11(2)3)12-8-6-5-7-9-12/h5-11H,4H2,1-3H3/b13-10+. The summed E-state index contributed by atoms with van der Waals surface area (Å²) in [5.74, 6) is 0.0295. The number of carbonyl (C=O) groups excluding carboxylic acids is 1. The van der Waals surface area contributed by atoms with Crippen LogP contribution in [0, 0.1) is 5.92 Å². The van der Waals surface area contributed by atoms with Gasteiger partial charge in [0.05, 0.1) is 6.61 Å². The molecule has 0 saturated heterocycles. The van der Waals surface area contributed by atoms with E-state index in [0.29, 0.717) is 12.5 Å². The van der Waals surface area contributed by atoms with Gasteiger partial charge in [-0.3, -0.25) is 0 Å². The molecule has 0 fully saturated rings. The first-order chi connectivity index (χ1) is 7.65. The van der Waals surface area contributed by atoms with Crippen molar-refractivity contribution in [1.82, 2.24) is 0 Å². The molecule has 0 aliphatic carbocycles. The average Bonchev–Trinajstić information content (AvgIpc) is 2.27. The van der Waals surface area contributed by atoms with Crippen molar-refractivity contribution in [3.8, 4) is 0 Å². The Kier molecular flexibility index (Phi) is 4.77. The fraction of sp³-hybridized carbons (Fsp3) is 0.357. The summed E-state index contributed by atoms with van der Waals surface area (Å²) in [5, 5.41) is 0. The van der Waals surface area contributed by atoms with Crippen LogP contribution in [-0.2, 0) is 9.53 Å². The van der Waals surface area contributed by atoms with E-state index in [9.17, 15) is 4.79 Å². The summed E-state index contributed by atoms with van der Waals surface area (Å²) >= 11 is 0. The Balaban J connectivity index is 2.96. The molecule has 0 unspecified atom stereocenters. The Morgan fingerprint density at radius 3 is 2.44 bits per heavy atom. The lowest BCUT2D eigenvalue weighted by Crippen LogP contribution is -2.03. The Labute approximate surface area is 96.9 Å². The second kappa shape index (κ2) is 6.11. The number of hydrogen-bond donors (Lipinski definition) is 0. The van der Waals surface area contributed by atoms with E-state index in [2.05, 4.69) is 13.8 Å². The number of ether oxygens (including phenoxy) is 1. The van der Waals surface area contributed by atoms with Crippen LogP contribution in [0.5, 0.6) is 0 Å². The van der Waals surface area contributed by atoms with Crippen LogP contribution in [0.4, 0.5) is 0 Å². The monoisotopic (exact) mass is 218 g/mol. The maximum atomic E-state index is 11.4. The van der Waals surface area contributed by atoms with Gasteiger partial charge in [0.25, 0.3) is 0 Å². The first-order valence-electron chi connectivity index (χ1n) is 5.59. The Bertz CT molecular complexity index is 364. The predicted octanol–water partition coefficient (Wildman–Crippen LogP) is 3.29. The maximum absolute atomic E-state index is 11.4. The molecule has 2 nitrogen and oxygen atoms in total. The van der Waals surface area contributed by atoms with Gasteiger partial charge in [0.1, 0.15) is 0 Å². The maximum Gasteiger partial charge on any atom is 0.331 e. The lowest BCUT2D eigenvalue weighted by Gasteiger charge is -2.11. The predicted molar refractivity (Wildman–Crippen MR) is 65.9 cm³/mol. The summed E-state index contributed by atoms with van der Waals surface area (Å²) in [6.07, 6.45) is 1.59. The molecule has 1 aromatic rings. The van der Waals surface area contributed by atoms with Gasteiger partial charge in [-0.25, -0.2) is 4.79 Å². The van der Waals surface area contributed by atoms with E-state index >= 15 is 0 Å². The number of benzene rings is 1. The molecule has 2 heteroatoms. The van der Waals surface area contributed by atoms with Crippen molar-refractivity contribution in [1.29, 1.82) is 0 Å². The van der Waals surface area contributed by atoms with Crippen LogP contribution >= 0.6 is 0 Å². The van der Waals surface area contributed by atoms with Crippen molar-refractivity contribution in [3.05, 3.63) is 42.0 Å². The third-order valence-corrected chi connectivity index (χ3v) is 2.29. The van der Waals surface area contributed by atoms with Gasteiger partial charge in [-0.15, -0.1) is 0 Å². The fourth-order valence-electron chi connectivity index (χ4n) is 1.52. The van der Waals surface area contributed by atoms with Crippen LogP contribution in [0.25, 0.3) is 5.57 Å². The molecule has 0 N–H and O–H groups in total. The SMILES string of the molecule is CCOC(=O)/C=C(/c1ccccc1)C(C)C. The molecule has 0 saturated carbocycles. The fourth-order valence-corrected chi connectivity index (χ4v) is 1.52. The third kappa shape index (κ3) is 3.54. The molecule has 0 aliphatic rings. The number of carbonyl (C=O) groups is 1. The van der Waals surface area contributed by atoms with Gasteiger partial charge in [0.2, 0.25) is 0 Å². The van der Waals surface area contributed by atoms with Gasteiger partial charge >= 0.3 is 5.97 Å². The van der Waals surface area contributed by atoms with E-state index in [1.165, 1.54) is 0 Å². The second-order valence-electron chi connectivity index (χ2n) is 3.87. The third-order valence-electron chi connectivity index (χ3n) is 2.29. The number of rotatable bonds is 4. The van der Waals surface area contributed by atoms with E-state index in [1.54, 1.807) is 6.08 Å². The van der Waals surface area contributed by atoms with Crippen LogP contribution < -0.4 is 0 Å².